The van der Waals surface area contributed by atoms with Gasteiger partial charge in [-0.3, -0.25) is 13.9 Å². The lowest BCUT2D eigenvalue weighted by Gasteiger charge is -2.31. The summed E-state index contributed by atoms with van der Waals surface area (Å²) in [6.45, 7) is 4.12. The molecule has 2 heterocycles. The minimum absolute atomic E-state index is 0.0727. The smallest absolute Gasteiger partial charge is 0.332 e. The highest BCUT2D eigenvalue weighted by Crippen LogP contribution is 2.37. The molecule has 0 saturated carbocycles. The van der Waals surface area contributed by atoms with Crippen LogP contribution in [-0.4, -0.2) is 40.0 Å². The number of hydrogen-bond acceptors (Lipinski definition) is 6. The van der Waals surface area contributed by atoms with Gasteiger partial charge in [0.15, 0.2) is 5.90 Å². The third-order valence-corrected chi connectivity index (χ3v) is 6.68. The van der Waals surface area contributed by atoms with Gasteiger partial charge in [0.1, 0.15) is 24.8 Å². The number of aryl methyl sites for hydroxylation is 1. The van der Waals surface area contributed by atoms with Gasteiger partial charge >= 0.3 is 5.69 Å². The highest BCUT2D eigenvalue weighted by Gasteiger charge is 2.36. The second-order valence-electron chi connectivity index (χ2n) is 8.95. The van der Waals surface area contributed by atoms with Crippen LogP contribution in [0.1, 0.15) is 29.5 Å². The molecule has 1 aliphatic rings. The quantitative estimate of drug-likeness (QED) is 0.466. The van der Waals surface area contributed by atoms with Crippen molar-refractivity contribution in [3.63, 3.8) is 0 Å². The second kappa shape index (κ2) is 11.1. The molecule has 8 nitrogen and oxygen atoms in total. The molecular formula is C27H30ClN3O5. The van der Waals surface area contributed by atoms with Crippen LogP contribution >= 0.6 is 11.6 Å². The molecule has 2 aromatic carbocycles. The number of halogens is 1. The first-order valence-corrected chi connectivity index (χ1v) is 12.3. The lowest BCUT2D eigenvalue weighted by molar-refractivity contribution is 0.195. The van der Waals surface area contributed by atoms with E-state index >= 15 is 0 Å². The topological polar surface area (TPSA) is 95.1 Å². The van der Waals surface area contributed by atoms with Crippen molar-refractivity contribution in [2.75, 3.05) is 19.8 Å². The van der Waals surface area contributed by atoms with Crippen LogP contribution in [0.2, 0.25) is 5.02 Å². The Morgan fingerprint density at radius 2 is 1.81 bits per heavy atom. The summed E-state index contributed by atoms with van der Waals surface area (Å²) in [5.74, 6) is 0.962. The van der Waals surface area contributed by atoms with Gasteiger partial charge in [-0.2, -0.15) is 4.99 Å². The van der Waals surface area contributed by atoms with E-state index in [4.69, 9.17) is 21.1 Å². The first-order chi connectivity index (χ1) is 17.3. The van der Waals surface area contributed by atoms with Gasteiger partial charge in [0.2, 0.25) is 0 Å². The van der Waals surface area contributed by atoms with E-state index in [0.717, 1.165) is 21.4 Å². The number of aliphatic imine (C=N–C) groups is 1. The Balaban J connectivity index is 1.66. The molecule has 1 N–H and O–H groups in total. The first kappa shape index (κ1) is 25.7. The van der Waals surface area contributed by atoms with E-state index in [9.17, 15) is 14.7 Å². The lowest BCUT2D eigenvalue weighted by atomic mass is 9.82. The fraction of sp³-hybridized carbons (Fsp3) is 0.370. The first-order valence-electron chi connectivity index (χ1n) is 11.9. The summed E-state index contributed by atoms with van der Waals surface area (Å²) in [5.41, 5.74) is 1.61. The molecule has 0 spiro atoms. The van der Waals surface area contributed by atoms with Crippen LogP contribution in [0.5, 0.6) is 5.75 Å². The molecule has 1 aliphatic heterocycles. The maximum absolute atomic E-state index is 13.3. The number of benzene rings is 2. The Morgan fingerprint density at radius 3 is 2.50 bits per heavy atom. The van der Waals surface area contributed by atoms with Crippen LogP contribution in [0.15, 0.2) is 63.1 Å². The Hall–Kier alpha value is -3.36. The minimum Gasteiger partial charge on any atom is -0.490 e. The van der Waals surface area contributed by atoms with E-state index in [2.05, 4.69) is 4.99 Å². The third-order valence-electron chi connectivity index (χ3n) is 6.43. The van der Waals surface area contributed by atoms with Crippen molar-refractivity contribution in [2.45, 2.75) is 32.7 Å². The maximum atomic E-state index is 13.3. The molecule has 3 aromatic rings. The van der Waals surface area contributed by atoms with Gasteiger partial charge in [0.05, 0.1) is 18.7 Å². The van der Waals surface area contributed by atoms with Gasteiger partial charge in [0, 0.05) is 23.9 Å². The highest BCUT2D eigenvalue weighted by molar-refractivity contribution is 6.30. The summed E-state index contributed by atoms with van der Waals surface area (Å²) in [7, 11) is 1.57. The molecule has 0 amide bonds. The molecule has 36 heavy (non-hydrogen) atoms. The van der Waals surface area contributed by atoms with Crippen molar-refractivity contribution >= 4 is 23.3 Å². The number of aromatic nitrogens is 2. The zero-order valence-corrected chi connectivity index (χ0v) is 21.4. The zero-order valence-electron chi connectivity index (χ0n) is 20.6. The van der Waals surface area contributed by atoms with E-state index in [1.165, 1.54) is 4.57 Å². The van der Waals surface area contributed by atoms with Crippen LogP contribution in [0.3, 0.4) is 0 Å². The van der Waals surface area contributed by atoms with Crippen LogP contribution < -0.4 is 16.0 Å². The lowest BCUT2D eigenvalue weighted by Crippen LogP contribution is -2.44. The molecule has 0 bridgehead atoms. The molecule has 0 fully saturated rings. The summed E-state index contributed by atoms with van der Waals surface area (Å²) in [4.78, 5) is 30.7. The number of rotatable bonds is 8. The van der Waals surface area contributed by atoms with Crippen LogP contribution in [-0.2, 0) is 24.8 Å². The molecule has 1 aromatic heterocycles. The van der Waals surface area contributed by atoms with Gasteiger partial charge in [-0.05, 0) is 48.7 Å². The van der Waals surface area contributed by atoms with E-state index in [1.54, 1.807) is 7.05 Å². The van der Waals surface area contributed by atoms with Crippen molar-refractivity contribution in [1.82, 2.24) is 9.13 Å². The number of aliphatic hydroxyl groups excluding tert-OH is 1. The summed E-state index contributed by atoms with van der Waals surface area (Å²) in [5, 5.41) is 10.0. The predicted molar refractivity (Wildman–Crippen MR) is 140 cm³/mol. The summed E-state index contributed by atoms with van der Waals surface area (Å²) in [6, 6.07) is 15.3. The third kappa shape index (κ3) is 5.39. The van der Waals surface area contributed by atoms with E-state index in [-0.39, 0.29) is 37.4 Å². The van der Waals surface area contributed by atoms with Gasteiger partial charge in [-0.1, -0.05) is 42.8 Å². The summed E-state index contributed by atoms with van der Waals surface area (Å²) in [6.07, 6.45) is 0.567. The average molecular weight is 512 g/mol. The predicted octanol–water partition coefficient (Wildman–Crippen LogP) is 3.60. The van der Waals surface area contributed by atoms with Gasteiger partial charge < -0.3 is 14.6 Å². The van der Waals surface area contributed by atoms with Gasteiger partial charge in [0.25, 0.3) is 5.56 Å². The Bertz CT molecular complexity index is 1380. The second-order valence-corrected chi connectivity index (χ2v) is 9.38. The molecule has 0 radical (unpaired) electrons. The summed E-state index contributed by atoms with van der Waals surface area (Å²) >= 11 is 6.06. The Labute approximate surface area is 214 Å². The molecule has 9 heteroatoms. The van der Waals surface area contributed by atoms with E-state index in [1.807, 2.05) is 62.4 Å². The van der Waals surface area contributed by atoms with Crippen molar-refractivity contribution < 1.29 is 14.6 Å². The Morgan fingerprint density at radius 1 is 1.08 bits per heavy atom. The molecular weight excluding hydrogens is 482 g/mol. The molecule has 1 unspecified atom stereocenters. The normalized spacial score (nSPS) is 16.9. The monoisotopic (exact) mass is 511 g/mol. The zero-order chi connectivity index (χ0) is 25.8. The van der Waals surface area contributed by atoms with Gasteiger partial charge in [-0.15, -0.1) is 0 Å². The molecule has 0 aliphatic carbocycles. The van der Waals surface area contributed by atoms with Crippen molar-refractivity contribution in [1.29, 1.82) is 0 Å². The molecule has 4 rings (SSSR count). The standard InChI is InChI=1S/C27H30ClN3O5/c1-17-5-4-6-21(15-17)35-13-14-36-25-22(16-19-7-9-20(28)10-8-19)18(2)23-24(29-25)30(3)27(34)31(11-12-32)26(23)33/h4-10,15,18,22,32H,11-14,16H2,1-3H3/t18-,22?/m0/s1. The molecule has 190 valence electrons. The number of fused-ring (bicyclic) bond motifs is 1. The maximum Gasteiger partial charge on any atom is 0.332 e. The molecule has 0 saturated heterocycles. The Kier molecular flexibility index (Phi) is 7.96. The van der Waals surface area contributed by atoms with Crippen LogP contribution in [0.4, 0.5) is 5.82 Å². The molecule has 2 atom stereocenters. The van der Waals surface area contributed by atoms with E-state index in [0.29, 0.717) is 29.5 Å². The van der Waals surface area contributed by atoms with Crippen molar-refractivity contribution in [3.05, 3.63) is 91.1 Å². The minimum atomic E-state index is -0.526. The van der Waals surface area contributed by atoms with Gasteiger partial charge in [-0.25, -0.2) is 4.79 Å². The fourth-order valence-corrected chi connectivity index (χ4v) is 4.63. The number of hydrogen-bond donors (Lipinski definition) is 1. The average Bonchev–Trinajstić information content (AvgIpc) is 2.86. The SMILES string of the molecule is Cc1cccc(OCCOC2=Nc3c(c(=O)n(CCO)c(=O)n3C)[C@@H](C)C2Cc2ccc(Cl)cc2)c1. The van der Waals surface area contributed by atoms with Crippen molar-refractivity contribution in [2.24, 2.45) is 18.0 Å². The van der Waals surface area contributed by atoms with Crippen molar-refractivity contribution in [3.8, 4) is 5.75 Å². The van der Waals surface area contributed by atoms with Crippen LogP contribution in [0.25, 0.3) is 0 Å². The highest BCUT2D eigenvalue weighted by atomic mass is 35.5. The number of ether oxygens (including phenoxy) is 2. The summed E-state index contributed by atoms with van der Waals surface area (Å²) < 4.78 is 14.3. The van der Waals surface area contributed by atoms with Crippen LogP contribution in [0, 0.1) is 12.8 Å². The fourth-order valence-electron chi connectivity index (χ4n) is 4.50. The van der Waals surface area contributed by atoms with E-state index < -0.39 is 11.2 Å². The largest absolute Gasteiger partial charge is 0.490 e. The number of aliphatic hydroxyl groups is 1. The number of nitrogens with zero attached hydrogens (tertiary/aromatic N) is 3.